The predicted octanol–water partition coefficient (Wildman–Crippen LogP) is 1.88. The SMILES string of the molecule is CC[C@H](NC(=O)NCc1ccco1)c1cccc(S(N)(=O)=O)c1. The average Bonchev–Trinajstić information content (AvgIpc) is 3.03. The normalized spacial score (nSPS) is 12.6. The van der Waals surface area contributed by atoms with Gasteiger partial charge >= 0.3 is 6.03 Å². The van der Waals surface area contributed by atoms with E-state index in [-0.39, 0.29) is 23.5 Å². The van der Waals surface area contributed by atoms with Crippen LogP contribution in [0.3, 0.4) is 0 Å². The first-order valence-corrected chi connectivity index (χ1v) is 8.64. The number of nitrogens with one attached hydrogen (secondary N) is 2. The highest BCUT2D eigenvalue weighted by Crippen LogP contribution is 2.19. The van der Waals surface area contributed by atoms with E-state index in [4.69, 9.17) is 9.56 Å². The molecule has 2 amide bonds. The van der Waals surface area contributed by atoms with Crippen molar-refractivity contribution in [3.8, 4) is 0 Å². The number of amides is 2. The van der Waals surface area contributed by atoms with E-state index in [0.717, 1.165) is 0 Å². The minimum atomic E-state index is -3.78. The lowest BCUT2D eigenvalue weighted by atomic mass is 10.1. The summed E-state index contributed by atoms with van der Waals surface area (Å²) in [6.07, 6.45) is 2.13. The number of nitrogens with two attached hydrogens (primary N) is 1. The van der Waals surface area contributed by atoms with E-state index in [0.29, 0.717) is 17.7 Å². The molecule has 0 aliphatic carbocycles. The van der Waals surface area contributed by atoms with Gasteiger partial charge in [0.05, 0.1) is 23.7 Å². The Bertz CT molecular complexity index is 757. The van der Waals surface area contributed by atoms with Gasteiger partial charge in [0.1, 0.15) is 5.76 Å². The van der Waals surface area contributed by atoms with Gasteiger partial charge in [-0.2, -0.15) is 0 Å². The van der Waals surface area contributed by atoms with Crippen molar-refractivity contribution in [2.75, 3.05) is 0 Å². The molecule has 4 N–H and O–H groups in total. The van der Waals surface area contributed by atoms with Crippen LogP contribution in [0.15, 0.2) is 52.0 Å². The van der Waals surface area contributed by atoms with Crippen LogP contribution in [0.2, 0.25) is 0 Å². The van der Waals surface area contributed by atoms with Gasteiger partial charge in [0.15, 0.2) is 0 Å². The maximum Gasteiger partial charge on any atom is 0.315 e. The van der Waals surface area contributed by atoms with Crippen LogP contribution in [0, 0.1) is 0 Å². The fourth-order valence-electron chi connectivity index (χ4n) is 2.12. The molecule has 0 bridgehead atoms. The van der Waals surface area contributed by atoms with Gasteiger partial charge in [0, 0.05) is 0 Å². The van der Waals surface area contributed by atoms with Gasteiger partial charge in [0.2, 0.25) is 10.0 Å². The fourth-order valence-corrected chi connectivity index (χ4v) is 2.69. The molecule has 23 heavy (non-hydrogen) atoms. The maximum absolute atomic E-state index is 12.0. The second-order valence-corrected chi connectivity index (χ2v) is 6.55. The first-order valence-electron chi connectivity index (χ1n) is 7.09. The van der Waals surface area contributed by atoms with E-state index in [1.54, 1.807) is 24.3 Å². The van der Waals surface area contributed by atoms with E-state index in [2.05, 4.69) is 10.6 Å². The van der Waals surface area contributed by atoms with Crippen molar-refractivity contribution in [3.05, 3.63) is 54.0 Å². The summed E-state index contributed by atoms with van der Waals surface area (Å²) in [5.41, 5.74) is 0.673. The molecule has 2 rings (SSSR count). The molecule has 0 fully saturated rings. The summed E-state index contributed by atoms with van der Waals surface area (Å²) in [7, 11) is -3.78. The van der Waals surface area contributed by atoms with Crippen LogP contribution in [0.4, 0.5) is 4.79 Å². The Kier molecular flexibility index (Phi) is 5.41. The van der Waals surface area contributed by atoms with E-state index in [1.807, 2.05) is 6.92 Å². The highest BCUT2D eigenvalue weighted by molar-refractivity contribution is 7.89. The van der Waals surface area contributed by atoms with Crippen LogP contribution in [-0.4, -0.2) is 14.4 Å². The fraction of sp³-hybridized carbons (Fsp3) is 0.267. The zero-order valence-corrected chi connectivity index (χ0v) is 13.5. The number of sulfonamides is 1. The van der Waals surface area contributed by atoms with Crippen LogP contribution in [-0.2, 0) is 16.6 Å². The number of urea groups is 1. The number of carbonyl (C=O) groups excluding carboxylic acids is 1. The van der Waals surface area contributed by atoms with Crippen LogP contribution in [0.5, 0.6) is 0 Å². The van der Waals surface area contributed by atoms with Gasteiger partial charge in [-0.15, -0.1) is 0 Å². The molecule has 2 aromatic rings. The molecule has 1 aromatic heterocycles. The van der Waals surface area contributed by atoms with Gasteiger partial charge in [-0.05, 0) is 36.2 Å². The molecule has 0 unspecified atom stereocenters. The molecule has 0 radical (unpaired) electrons. The van der Waals surface area contributed by atoms with Gasteiger partial charge in [-0.1, -0.05) is 19.1 Å². The van der Waals surface area contributed by atoms with E-state index >= 15 is 0 Å². The third kappa shape index (κ3) is 4.83. The van der Waals surface area contributed by atoms with Crippen molar-refractivity contribution in [3.63, 3.8) is 0 Å². The zero-order valence-electron chi connectivity index (χ0n) is 12.7. The summed E-state index contributed by atoms with van der Waals surface area (Å²) in [5.74, 6) is 0.643. The summed E-state index contributed by atoms with van der Waals surface area (Å²) in [4.78, 5) is 12.0. The minimum Gasteiger partial charge on any atom is -0.467 e. The van der Waals surface area contributed by atoms with Gasteiger partial charge in [-0.3, -0.25) is 0 Å². The van der Waals surface area contributed by atoms with Crippen molar-refractivity contribution < 1.29 is 17.6 Å². The third-order valence-corrected chi connectivity index (χ3v) is 4.22. The predicted molar refractivity (Wildman–Crippen MR) is 84.9 cm³/mol. The largest absolute Gasteiger partial charge is 0.467 e. The van der Waals surface area contributed by atoms with Gasteiger partial charge in [0.25, 0.3) is 0 Å². The second-order valence-electron chi connectivity index (χ2n) is 4.98. The molecular formula is C15H19N3O4S. The Labute approximate surface area is 134 Å². The molecule has 1 atom stereocenters. The molecule has 0 aliphatic rings. The molecule has 0 aliphatic heterocycles. The Morgan fingerprint density at radius 1 is 1.30 bits per heavy atom. The summed E-state index contributed by atoms with van der Waals surface area (Å²) < 4.78 is 28.0. The van der Waals surface area contributed by atoms with Crippen molar-refractivity contribution in [1.82, 2.24) is 10.6 Å². The lowest BCUT2D eigenvalue weighted by Crippen LogP contribution is -2.37. The van der Waals surface area contributed by atoms with Crippen LogP contribution >= 0.6 is 0 Å². The molecule has 0 saturated carbocycles. The van der Waals surface area contributed by atoms with Gasteiger partial charge < -0.3 is 15.1 Å². The highest BCUT2D eigenvalue weighted by atomic mass is 32.2. The molecule has 0 spiro atoms. The van der Waals surface area contributed by atoms with E-state index in [1.165, 1.54) is 18.4 Å². The number of hydrogen-bond donors (Lipinski definition) is 3. The summed E-state index contributed by atoms with van der Waals surface area (Å²) in [5, 5.41) is 10.6. The molecule has 0 saturated heterocycles. The van der Waals surface area contributed by atoms with Crippen LogP contribution < -0.4 is 15.8 Å². The van der Waals surface area contributed by atoms with Crippen molar-refractivity contribution in [2.45, 2.75) is 30.8 Å². The molecule has 1 aromatic carbocycles. The highest BCUT2D eigenvalue weighted by Gasteiger charge is 2.15. The number of rotatable bonds is 6. The quantitative estimate of drug-likeness (QED) is 0.746. The summed E-state index contributed by atoms with van der Waals surface area (Å²) in [6.45, 7) is 2.16. The number of hydrogen-bond acceptors (Lipinski definition) is 4. The second kappa shape index (κ2) is 7.30. The lowest BCUT2D eigenvalue weighted by Gasteiger charge is -2.18. The topological polar surface area (TPSA) is 114 Å². The smallest absolute Gasteiger partial charge is 0.315 e. The summed E-state index contributed by atoms with van der Waals surface area (Å²) in [6, 6.07) is 9.03. The van der Waals surface area contributed by atoms with E-state index in [9.17, 15) is 13.2 Å². The number of furan rings is 1. The molecule has 124 valence electrons. The lowest BCUT2D eigenvalue weighted by molar-refractivity contribution is 0.235. The first kappa shape index (κ1) is 17.0. The Hall–Kier alpha value is -2.32. The van der Waals surface area contributed by atoms with Crippen molar-refractivity contribution in [2.24, 2.45) is 5.14 Å². The van der Waals surface area contributed by atoms with Crippen LogP contribution in [0.25, 0.3) is 0 Å². The molecular weight excluding hydrogens is 318 g/mol. The average molecular weight is 337 g/mol. The number of primary sulfonamides is 1. The third-order valence-electron chi connectivity index (χ3n) is 3.31. The minimum absolute atomic E-state index is 0.0197. The Balaban J connectivity index is 2.03. The molecule has 1 heterocycles. The van der Waals surface area contributed by atoms with Crippen LogP contribution in [0.1, 0.15) is 30.7 Å². The molecule has 8 heteroatoms. The first-order chi connectivity index (χ1) is 10.9. The Morgan fingerprint density at radius 2 is 2.09 bits per heavy atom. The Morgan fingerprint density at radius 3 is 2.70 bits per heavy atom. The van der Waals surface area contributed by atoms with Crippen molar-refractivity contribution in [1.29, 1.82) is 0 Å². The standard InChI is InChI=1S/C15H19N3O4S/c1-2-14(11-5-3-7-13(9-11)23(16,20)21)18-15(19)17-10-12-6-4-8-22-12/h3-9,14H,2,10H2,1H3,(H2,16,20,21)(H2,17,18,19)/t14-/m0/s1. The maximum atomic E-state index is 12.0. The summed E-state index contributed by atoms with van der Waals surface area (Å²) >= 11 is 0. The van der Waals surface area contributed by atoms with E-state index < -0.39 is 10.0 Å². The van der Waals surface area contributed by atoms with Gasteiger partial charge in [-0.25, -0.2) is 18.4 Å². The zero-order chi connectivity index (χ0) is 16.9. The monoisotopic (exact) mass is 337 g/mol. The van der Waals surface area contributed by atoms with Crippen molar-refractivity contribution >= 4 is 16.1 Å². The number of carbonyl (C=O) groups is 1. The number of benzene rings is 1. The molecule has 7 nitrogen and oxygen atoms in total.